The van der Waals surface area contributed by atoms with E-state index in [0.29, 0.717) is 5.56 Å². The number of aromatic nitrogens is 1. The van der Waals surface area contributed by atoms with Crippen molar-refractivity contribution >= 4 is 11.9 Å². The van der Waals surface area contributed by atoms with Crippen molar-refractivity contribution in [1.29, 1.82) is 0 Å². The van der Waals surface area contributed by atoms with Crippen LogP contribution in [0.5, 0.6) is 0 Å². The summed E-state index contributed by atoms with van der Waals surface area (Å²) in [5.74, 6) is 0.150. The van der Waals surface area contributed by atoms with Gasteiger partial charge < -0.3 is 4.74 Å². The molecule has 0 aliphatic carbocycles. The highest BCUT2D eigenvalue weighted by atomic mass is 19.3. The summed E-state index contributed by atoms with van der Waals surface area (Å²) in [6, 6.07) is 1.59. The summed E-state index contributed by atoms with van der Waals surface area (Å²) < 4.78 is 29.8. The third-order valence-electron chi connectivity index (χ3n) is 2.18. The fourth-order valence-electron chi connectivity index (χ4n) is 1.51. The molecule has 0 saturated carbocycles. The van der Waals surface area contributed by atoms with Crippen molar-refractivity contribution in [3.63, 3.8) is 0 Å². The maximum atomic E-state index is 12.6. The van der Waals surface area contributed by atoms with Crippen molar-refractivity contribution in [2.75, 3.05) is 5.32 Å². The van der Waals surface area contributed by atoms with Gasteiger partial charge in [0.05, 0.1) is 0 Å². The van der Waals surface area contributed by atoms with Crippen LogP contribution in [0.25, 0.3) is 0 Å². The minimum atomic E-state index is -2.75. The number of fused-ring (bicyclic) bond motifs is 1. The summed E-state index contributed by atoms with van der Waals surface area (Å²) in [6.45, 7) is 5.66. The zero-order valence-electron chi connectivity index (χ0n) is 9.83. The number of pyridine rings is 1. The zero-order chi connectivity index (χ0) is 13.0. The lowest BCUT2D eigenvalue weighted by Crippen LogP contribution is -2.29. The number of ether oxygens (including phenoxy) is 1. The first-order valence-corrected chi connectivity index (χ1v) is 5.31. The lowest BCUT2D eigenvalue weighted by molar-refractivity contribution is -0.0175. The van der Waals surface area contributed by atoms with Gasteiger partial charge in [0.1, 0.15) is 5.82 Å². The van der Waals surface area contributed by atoms with Crippen molar-refractivity contribution in [2.45, 2.75) is 33.3 Å². The van der Waals surface area contributed by atoms with E-state index in [1.165, 1.54) is 6.20 Å². The number of anilines is 1. The number of carbonyl (C=O) groups is 1. The standard InChI is InChI=1S/C9H8F2N2O2.C2H6/c1-4-2-3-12-8-5(4)6(7(10)11)15-9(14)13-8;1-2/h2-3,6-7H,1H3,(H,12,13,14);1-2H3. The molecule has 0 spiro atoms. The highest BCUT2D eigenvalue weighted by Gasteiger charge is 2.35. The number of cyclic esters (lactones) is 1. The molecule has 6 heteroatoms. The van der Waals surface area contributed by atoms with Gasteiger partial charge in [0.2, 0.25) is 0 Å². The molecule has 2 rings (SSSR count). The highest BCUT2D eigenvalue weighted by Crippen LogP contribution is 2.35. The van der Waals surface area contributed by atoms with Crippen LogP contribution in [-0.2, 0) is 4.74 Å². The van der Waals surface area contributed by atoms with E-state index in [9.17, 15) is 13.6 Å². The fourth-order valence-corrected chi connectivity index (χ4v) is 1.51. The second kappa shape index (κ2) is 5.56. The molecule has 0 bridgehead atoms. The Labute approximate surface area is 98.0 Å². The number of alkyl halides is 2. The van der Waals surface area contributed by atoms with Crippen LogP contribution >= 0.6 is 0 Å². The monoisotopic (exact) mass is 244 g/mol. The van der Waals surface area contributed by atoms with E-state index in [2.05, 4.69) is 15.0 Å². The summed E-state index contributed by atoms with van der Waals surface area (Å²) in [4.78, 5) is 14.8. The van der Waals surface area contributed by atoms with E-state index in [4.69, 9.17) is 0 Å². The van der Waals surface area contributed by atoms with Gasteiger partial charge in [-0.15, -0.1) is 0 Å². The van der Waals surface area contributed by atoms with Crippen LogP contribution < -0.4 is 5.32 Å². The number of amides is 1. The van der Waals surface area contributed by atoms with Crippen LogP contribution in [0.2, 0.25) is 0 Å². The molecule has 0 aromatic carbocycles. The van der Waals surface area contributed by atoms with Crippen LogP contribution in [0.3, 0.4) is 0 Å². The zero-order valence-corrected chi connectivity index (χ0v) is 9.83. The predicted molar refractivity (Wildman–Crippen MR) is 59.2 cm³/mol. The highest BCUT2D eigenvalue weighted by molar-refractivity contribution is 5.87. The van der Waals surface area contributed by atoms with Gasteiger partial charge in [0, 0.05) is 11.8 Å². The second-order valence-corrected chi connectivity index (χ2v) is 3.18. The van der Waals surface area contributed by atoms with Crippen molar-refractivity contribution in [3.8, 4) is 0 Å². The molecular weight excluding hydrogens is 230 g/mol. The molecule has 1 amide bonds. The maximum absolute atomic E-state index is 12.6. The van der Waals surface area contributed by atoms with E-state index < -0.39 is 18.6 Å². The summed E-state index contributed by atoms with van der Waals surface area (Å²) in [7, 11) is 0. The topological polar surface area (TPSA) is 51.2 Å². The first kappa shape index (κ1) is 13.3. The Bertz CT molecular complexity index is 410. The fraction of sp³-hybridized carbons (Fsp3) is 0.455. The Hall–Kier alpha value is -1.72. The molecule has 1 aromatic heterocycles. The lowest BCUT2D eigenvalue weighted by atomic mass is 10.0. The van der Waals surface area contributed by atoms with Gasteiger partial charge in [-0.2, -0.15) is 0 Å². The Kier molecular flexibility index (Phi) is 4.37. The first-order valence-electron chi connectivity index (χ1n) is 5.31. The van der Waals surface area contributed by atoms with Crippen molar-refractivity contribution in [1.82, 2.24) is 4.98 Å². The summed E-state index contributed by atoms with van der Waals surface area (Å²) >= 11 is 0. The molecule has 0 fully saturated rings. The molecule has 4 nitrogen and oxygen atoms in total. The molecule has 1 aromatic rings. The number of nitrogens with one attached hydrogen (secondary N) is 1. The minimum absolute atomic E-state index is 0.150. The van der Waals surface area contributed by atoms with Crippen molar-refractivity contribution in [3.05, 3.63) is 23.4 Å². The van der Waals surface area contributed by atoms with Gasteiger partial charge in [-0.3, -0.25) is 5.32 Å². The minimum Gasteiger partial charge on any atom is -0.435 e. The van der Waals surface area contributed by atoms with Crippen LogP contribution in [0.4, 0.5) is 19.4 Å². The van der Waals surface area contributed by atoms with Gasteiger partial charge >= 0.3 is 6.09 Å². The number of carbonyl (C=O) groups excluding carboxylic acids is 1. The average Bonchev–Trinajstić information content (AvgIpc) is 2.30. The number of hydrogen-bond donors (Lipinski definition) is 1. The summed E-state index contributed by atoms with van der Waals surface area (Å²) in [6.07, 6.45) is -3.73. The van der Waals surface area contributed by atoms with E-state index in [0.717, 1.165) is 0 Å². The smallest absolute Gasteiger partial charge is 0.413 e. The Morgan fingerprint density at radius 3 is 2.71 bits per heavy atom. The normalized spacial score (nSPS) is 17.5. The van der Waals surface area contributed by atoms with Crippen LogP contribution in [-0.4, -0.2) is 17.5 Å². The molecule has 1 N–H and O–H groups in total. The number of aryl methyl sites for hydroxylation is 1. The van der Waals surface area contributed by atoms with Gasteiger partial charge in [0.15, 0.2) is 6.10 Å². The number of nitrogens with zero attached hydrogens (tertiary/aromatic N) is 1. The van der Waals surface area contributed by atoms with E-state index >= 15 is 0 Å². The van der Waals surface area contributed by atoms with Gasteiger partial charge in [-0.1, -0.05) is 13.8 Å². The van der Waals surface area contributed by atoms with E-state index in [1.54, 1.807) is 13.0 Å². The molecule has 0 radical (unpaired) electrons. The van der Waals surface area contributed by atoms with Gasteiger partial charge in [-0.25, -0.2) is 18.6 Å². The molecule has 1 unspecified atom stereocenters. The second-order valence-electron chi connectivity index (χ2n) is 3.18. The molecule has 1 aliphatic rings. The third-order valence-corrected chi connectivity index (χ3v) is 2.18. The van der Waals surface area contributed by atoms with Gasteiger partial charge in [0.25, 0.3) is 6.43 Å². The number of rotatable bonds is 1. The molecular formula is C11H14F2N2O2. The number of hydrogen-bond acceptors (Lipinski definition) is 3. The molecule has 0 saturated heterocycles. The van der Waals surface area contributed by atoms with E-state index in [1.807, 2.05) is 13.8 Å². The van der Waals surface area contributed by atoms with Crippen molar-refractivity contribution in [2.24, 2.45) is 0 Å². The van der Waals surface area contributed by atoms with Gasteiger partial charge in [-0.05, 0) is 18.6 Å². The lowest BCUT2D eigenvalue weighted by Gasteiger charge is -2.25. The summed E-state index contributed by atoms with van der Waals surface area (Å²) in [5, 5.41) is 2.28. The number of halogens is 2. The Morgan fingerprint density at radius 1 is 1.47 bits per heavy atom. The molecule has 1 aliphatic heterocycles. The van der Waals surface area contributed by atoms with Crippen molar-refractivity contribution < 1.29 is 18.3 Å². The largest absolute Gasteiger partial charge is 0.435 e. The predicted octanol–water partition coefficient (Wildman–Crippen LogP) is 3.28. The molecule has 1 atom stereocenters. The van der Waals surface area contributed by atoms with Crippen LogP contribution in [0.1, 0.15) is 31.1 Å². The first-order chi connectivity index (χ1) is 8.09. The SMILES string of the molecule is CC.Cc1ccnc2c1C(C(F)F)OC(=O)N2. The van der Waals surface area contributed by atoms with E-state index in [-0.39, 0.29) is 11.4 Å². The quantitative estimate of drug-likeness (QED) is 0.824. The molecule has 94 valence electrons. The van der Waals surface area contributed by atoms with Crippen LogP contribution in [0, 0.1) is 6.92 Å². The molecule has 2 heterocycles. The Balaban J connectivity index is 0.000000686. The average molecular weight is 244 g/mol. The van der Waals surface area contributed by atoms with Crippen LogP contribution in [0.15, 0.2) is 12.3 Å². The maximum Gasteiger partial charge on any atom is 0.413 e. The summed E-state index contributed by atoms with van der Waals surface area (Å²) in [5.41, 5.74) is 0.859. The molecule has 17 heavy (non-hydrogen) atoms. The third kappa shape index (κ3) is 2.69. The Morgan fingerprint density at radius 2 is 2.12 bits per heavy atom.